The highest BCUT2D eigenvalue weighted by Gasteiger charge is 2.35. The van der Waals surface area contributed by atoms with E-state index in [1.807, 2.05) is 6.92 Å². The van der Waals surface area contributed by atoms with Crippen LogP contribution in [0.1, 0.15) is 10.6 Å². The van der Waals surface area contributed by atoms with Gasteiger partial charge in [0.25, 0.3) is 0 Å². The minimum absolute atomic E-state index is 0.0994. The molecule has 0 N–H and O–H groups in total. The lowest BCUT2D eigenvalue weighted by molar-refractivity contribution is -0.141. The summed E-state index contributed by atoms with van der Waals surface area (Å²) in [4.78, 5) is 24.4. The summed E-state index contributed by atoms with van der Waals surface area (Å²) in [5.74, 6) is 1.19. The zero-order valence-electron chi connectivity index (χ0n) is 16.2. The summed E-state index contributed by atoms with van der Waals surface area (Å²) in [5.41, 5.74) is -0.931. The SMILES string of the molecule is Cc1cc2c(N3CCN(c4nc(N(C)C)cc(C(F)(F)F)n4)CC3)ncnc2s1. The van der Waals surface area contributed by atoms with E-state index in [2.05, 4.69) is 30.9 Å². The molecule has 3 aromatic heterocycles. The number of alkyl halides is 3. The molecule has 11 heteroatoms. The van der Waals surface area contributed by atoms with Crippen molar-refractivity contribution in [2.45, 2.75) is 13.1 Å². The van der Waals surface area contributed by atoms with Crippen LogP contribution in [0.25, 0.3) is 10.2 Å². The number of hydrogen-bond acceptors (Lipinski definition) is 8. The van der Waals surface area contributed by atoms with E-state index in [9.17, 15) is 13.2 Å². The van der Waals surface area contributed by atoms with Crippen LogP contribution in [0.4, 0.5) is 30.8 Å². The Balaban J connectivity index is 1.57. The van der Waals surface area contributed by atoms with E-state index in [0.717, 1.165) is 27.0 Å². The number of halogens is 3. The van der Waals surface area contributed by atoms with E-state index < -0.39 is 11.9 Å². The molecule has 0 spiro atoms. The van der Waals surface area contributed by atoms with E-state index in [4.69, 9.17) is 0 Å². The molecule has 29 heavy (non-hydrogen) atoms. The first-order valence-corrected chi connectivity index (χ1v) is 9.88. The number of nitrogens with zero attached hydrogens (tertiary/aromatic N) is 7. The second-order valence-electron chi connectivity index (χ2n) is 7.05. The second-order valence-corrected chi connectivity index (χ2v) is 8.29. The van der Waals surface area contributed by atoms with E-state index in [0.29, 0.717) is 26.2 Å². The van der Waals surface area contributed by atoms with Crippen LogP contribution >= 0.6 is 11.3 Å². The predicted molar refractivity (Wildman–Crippen MR) is 108 cm³/mol. The summed E-state index contributed by atoms with van der Waals surface area (Å²) in [6.45, 7) is 4.25. The number of rotatable bonds is 3. The standard InChI is InChI=1S/C18H20F3N7S/c1-11-8-12-15(22-10-23-16(12)29-11)27-4-6-28(7-5-27)17-24-13(18(19,20)21)9-14(25-17)26(2)3/h8-10H,4-7H2,1-3H3. The summed E-state index contributed by atoms with van der Waals surface area (Å²) in [7, 11) is 3.32. The third-order valence-electron chi connectivity index (χ3n) is 4.74. The average molecular weight is 423 g/mol. The van der Waals surface area contributed by atoms with Gasteiger partial charge in [-0.2, -0.15) is 18.2 Å². The van der Waals surface area contributed by atoms with Crippen LogP contribution in [0.5, 0.6) is 0 Å². The number of aryl methyl sites for hydroxylation is 1. The Morgan fingerprint density at radius 3 is 2.34 bits per heavy atom. The molecule has 1 fully saturated rings. The van der Waals surface area contributed by atoms with Crippen LogP contribution in [0.15, 0.2) is 18.5 Å². The maximum absolute atomic E-state index is 13.3. The third-order valence-corrected chi connectivity index (χ3v) is 5.70. The molecule has 0 unspecified atom stereocenters. The molecule has 3 aromatic rings. The highest BCUT2D eigenvalue weighted by Crippen LogP contribution is 2.32. The van der Waals surface area contributed by atoms with Crippen molar-refractivity contribution < 1.29 is 13.2 Å². The summed E-state index contributed by atoms with van der Waals surface area (Å²) in [6.07, 6.45) is -2.97. The summed E-state index contributed by atoms with van der Waals surface area (Å²) < 4.78 is 39.8. The number of piperazine rings is 1. The van der Waals surface area contributed by atoms with Gasteiger partial charge in [0, 0.05) is 51.2 Å². The van der Waals surface area contributed by atoms with Crippen molar-refractivity contribution >= 4 is 39.1 Å². The molecule has 0 amide bonds. The summed E-state index contributed by atoms with van der Waals surface area (Å²) >= 11 is 1.62. The van der Waals surface area contributed by atoms with Crippen LogP contribution in [-0.4, -0.2) is 60.2 Å². The molecule has 1 aliphatic heterocycles. The molecule has 1 aliphatic rings. The lowest BCUT2D eigenvalue weighted by Gasteiger charge is -2.36. The average Bonchev–Trinajstić information content (AvgIpc) is 3.07. The van der Waals surface area contributed by atoms with Crippen molar-refractivity contribution in [1.82, 2.24) is 19.9 Å². The molecule has 0 bridgehead atoms. The molecule has 4 rings (SSSR count). The van der Waals surface area contributed by atoms with E-state index in [1.54, 1.807) is 41.6 Å². The van der Waals surface area contributed by atoms with Gasteiger partial charge in [0.2, 0.25) is 5.95 Å². The second kappa shape index (κ2) is 7.29. The van der Waals surface area contributed by atoms with Crippen molar-refractivity contribution in [2.75, 3.05) is 55.0 Å². The molecular formula is C18H20F3N7S. The van der Waals surface area contributed by atoms with Gasteiger partial charge in [0.05, 0.1) is 5.39 Å². The third kappa shape index (κ3) is 3.91. The van der Waals surface area contributed by atoms with Gasteiger partial charge in [-0.05, 0) is 13.0 Å². The van der Waals surface area contributed by atoms with E-state index in [1.165, 1.54) is 0 Å². The summed E-state index contributed by atoms with van der Waals surface area (Å²) in [5, 5.41) is 1.01. The Hall–Kier alpha value is -2.69. The molecule has 154 valence electrons. The predicted octanol–water partition coefficient (Wildman–Crippen LogP) is 3.20. The first kappa shape index (κ1) is 19.6. The molecule has 0 aromatic carbocycles. The zero-order valence-corrected chi connectivity index (χ0v) is 17.0. The number of anilines is 3. The molecule has 4 heterocycles. The monoisotopic (exact) mass is 423 g/mol. The zero-order chi connectivity index (χ0) is 20.8. The van der Waals surface area contributed by atoms with Crippen LogP contribution < -0.4 is 14.7 Å². The first-order valence-electron chi connectivity index (χ1n) is 9.07. The molecule has 7 nitrogen and oxygen atoms in total. The van der Waals surface area contributed by atoms with Gasteiger partial charge < -0.3 is 14.7 Å². The fourth-order valence-corrected chi connectivity index (χ4v) is 4.11. The quantitative estimate of drug-likeness (QED) is 0.641. The maximum Gasteiger partial charge on any atom is 0.433 e. The van der Waals surface area contributed by atoms with E-state index in [-0.39, 0.29) is 11.8 Å². The largest absolute Gasteiger partial charge is 0.433 e. The van der Waals surface area contributed by atoms with E-state index >= 15 is 0 Å². The Labute approximate surface area is 169 Å². The Morgan fingerprint density at radius 1 is 1.00 bits per heavy atom. The first-order chi connectivity index (χ1) is 13.7. The molecule has 0 radical (unpaired) electrons. The van der Waals surface area contributed by atoms with Crippen LogP contribution in [0.2, 0.25) is 0 Å². The maximum atomic E-state index is 13.3. The van der Waals surface area contributed by atoms with Gasteiger partial charge in [-0.25, -0.2) is 15.0 Å². The molecule has 1 saturated heterocycles. The number of thiophene rings is 1. The Morgan fingerprint density at radius 2 is 1.69 bits per heavy atom. The van der Waals surface area contributed by atoms with Crippen LogP contribution in [-0.2, 0) is 6.18 Å². The minimum Gasteiger partial charge on any atom is -0.363 e. The fourth-order valence-electron chi connectivity index (χ4n) is 3.27. The molecular weight excluding hydrogens is 403 g/mol. The van der Waals surface area contributed by atoms with Crippen LogP contribution in [0, 0.1) is 6.92 Å². The van der Waals surface area contributed by atoms with Gasteiger partial charge in [-0.15, -0.1) is 11.3 Å². The minimum atomic E-state index is -4.52. The lowest BCUT2D eigenvalue weighted by atomic mass is 10.2. The lowest BCUT2D eigenvalue weighted by Crippen LogP contribution is -2.47. The normalized spacial score (nSPS) is 15.2. The fraction of sp³-hybridized carbons (Fsp3) is 0.444. The van der Waals surface area contributed by atoms with Crippen molar-refractivity contribution in [3.63, 3.8) is 0 Å². The number of fused-ring (bicyclic) bond motifs is 1. The van der Waals surface area contributed by atoms with Crippen LogP contribution in [0.3, 0.4) is 0 Å². The topological polar surface area (TPSA) is 61.3 Å². The van der Waals surface area contributed by atoms with Crippen molar-refractivity contribution in [1.29, 1.82) is 0 Å². The highest BCUT2D eigenvalue weighted by atomic mass is 32.1. The van der Waals surface area contributed by atoms with Gasteiger partial charge in [-0.1, -0.05) is 0 Å². The number of hydrogen-bond donors (Lipinski definition) is 0. The Kier molecular flexibility index (Phi) is 4.93. The molecule has 0 aliphatic carbocycles. The van der Waals surface area contributed by atoms with Gasteiger partial charge in [0.15, 0.2) is 5.69 Å². The van der Waals surface area contributed by atoms with Gasteiger partial charge in [-0.3, -0.25) is 0 Å². The van der Waals surface area contributed by atoms with Crippen molar-refractivity contribution in [3.8, 4) is 0 Å². The Bertz CT molecular complexity index is 1030. The summed E-state index contributed by atoms with van der Waals surface area (Å²) in [6, 6.07) is 3.04. The highest BCUT2D eigenvalue weighted by molar-refractivity contribution is 7.18. The molecule has 0 atom stereocenters. The van der Waals surface area contributed by atoms with Gasteiger partial charge in [0.1, 0.15) is 22.8 Å². The van der Waals surface area contributed by atoms with Gasteiger partial charge >= 0.3 is 6.18 Å². The molecule has 0 saturated carbocycles. The van der Waals surface area contributed by atoms with Crippen molar-refractivity contribution in [3.05, 3.63) is 29.0 Å². The van der Waals surface area contributed by atoms with Crippen molar-refractivity contribution in [2.24, 2.45) is 0 Å². The number of aromatic nitrogens is 4. The smallest absolute Gasteiger partial charge is 0.363 e.